The van der Waals surface area contributed by atoms with Crippen LogP contribution in [0.4, 0.5) is 17.6 Å². The maximum absolute atomic E-state index is 13.4. The molecule has 0 heterocycles. The van der Waals surface area contributed by atoms with Crippen LogP contribution in [0.15, 0.2) is 6.07 Å². The van der Waals surface area contributed by atoms with Crippen molar-refractivity contribution < 1.29 is 22.4 Å². The topological polar surface area (TPSA) is 17.1 Å². The van der Waals surface area contributed by atoms with Crippen molar-refractivity contribution in [2.24, 2.45) is 5.92 Å². The molecule has 98 valence electrons. The van der Waals surface area contributed by atoms with Gasteiger partial charge in [-0.3, -0.25) is 4.79 Å². The van der Waals surface area contributed by atoms with Crippen molar-refractivity contribution in [1.29, 1.82) is 0 Å². The maximum Gasteiger partial charge on any atom is 0.165 e. The lowest BCUT2D eigenvalue weighted by Crippen LogP contribution is -2.20. The van der Waals surface area contributed by atoms with E-state index >= 15 is 0 Å². The molecule has 0 aliphatic heterocycles. The van der Waals surface area contributed by atoms with Crippen LogP contribution in [0.3, 0.4) is 0 Å². The van der Waals surface area contributed by atoms with Crippen LogP contribution >= 0.6 is 15.9 Å². The second-order valence-electron chi connectivity index (χ2n) is 4.30. The van der Waals surface area contributed by atoms with Crippen molar-refractivity contribution >= 4 is 21.7 Å². The Kier molecular flexibility index (Phi) is 3.75. The highest BCUT2D eigenvalue weighted by atomic mass is 79.9. The van der Waals surface area contributed by atoms with Crippen LogP contribution < -0.4 is 0 Å². The van der Waals surface area contributed by atoms with Gasteiger partial charge in [0.15, 0.2) is 23.3 Å². The molecule has 1 saturated carbocycles. The van der Waals surface area contributed by atoms with Crippen LogP contribution in [0, 0.1) is 29.2 Å². The van der Waals surface area contributed by atoms with Gasteiger partial charge in [0.1, 0.15) is 5.78 Å². The average Bonchev–Trinajstić information content (AvgIpc) is 3.15. The molecule has 1 aliphatic carbocycles. The molecule has 1 aromatic carbocycles. The zero-order valence-electron chi connectivity index (χ0n) is 9.15. The van der Waals surface area contributed by atoms with Crippen LogP contribution in [0.5, 0.6) is 0 Å². The number of hydrogen-bond acceptors (Lipinski definition) is 1. The molecule has 1 unspecified atom stereocenters. The SMILES string of the molecule is O=C(C(Br)Cc1c(F)c(F)cc(F)c1F)C1CC1. The van der Waals surface area contributed by atoms with E-state index in [1.807, 2.05) is 0 Å². The summed E-state index contributed by atoms with van der Waals surface area (Å²) in [5.74, 6) is -6.08. The number of Topliss-reactive ketones (excluding diaryl/α,β-unsaturated/α-hetero) is 1. The highest BCUT2D eigenvalue weighted by molar-refractivity contribution is 9.10. The largest absolute Gasteiger partial charge is 0.298 e. The molecule has 6 heteroatoms. The van der Waals surface area contributed by atoms with E-state index in [0.29, 0.717) is 0 Å². The van der Waals surface area contributed by atoms with Gasteiger partial charge in [-0.05, 0) is 19.3 Å². The molecule has 1 atom stereocenters. The molecule has 1 fully saturated rings. The first-order chi connectivity index (χ1) is 8.41. The van der Waals surface area contributed by atoms with E-state index in [9.17, 15) is 22.4 Å². The summed E-state index contributed by atoms with van der Waals surface area (Å²) in [6.45, 7) is 0. The monoisotopic (exact) mass is 324 g/mol. The van der Waals surface area contributed by atoms with Gasteiger partial charge >= 0.3 is 0 Å². The maximum atomic E-state index is 13.4. The number of alkyl halides is 1. The van der Waals surface area contributed by atoms with Crippen LogP contribution in [0.1, 0.15) is 18.4 Å². The molecule has 0 bridgehead atoms. The van der Waals surface area contributed by atoms with E-state index < -0.39 is 40.1 Å². The Morgan fingerprint density at radius 3 is 2.17 bits per heavy atom. The van der Waals surface area contributed by atoms with E-state index in [1.165, 1.54) is 0 Å². The second kappa shape index (κ2) is 4.99. The fraction of sp³-hybridized carbons (Fsp3) is 0.417. The quantitative estimate of drug-likeness (QED) is 0.470. The minimum Gasteiger partial charge on any atom is -0.298 e. The Bertz CT molecular complexity index is 473. The van der Waals surface area contributed by atoms with E-state index in [-0.39, 0.29) is 17.8 Å². The molecule has 0 spiro atoms. The Balaban J connectivity index is 2.25. The number of rotatable bonds is 4. The van der Waals surface area contributed by atoms with Gasteiger partial charge < -0.3 is 0 Å². The lowest BCUT2D eigenvalue weighted by molar-refractivity contribution is -0.119. The third kappa shape index (κ3) is 2.58. The molecule has 0 amide bonds. The van der Waals surface area contributed by atoms with Gasteiger partial charge in [-0.2, -0.15) is 0 Å². The fourth-order valence-corrected chi connectivity index (χ4v) is 2.40. The second-order valence-corrected chi connectivity index (χ2v) is 5.40. The first-order valence-corrected chi connectivity index (χ1v) is 6.33. The van der Waals surface area contributed by atoms with Gasteiger partial charge in [0, 0.05) is 17.5 Å². The molecule has 18 heavy (non-hydrogen) atoms. The van der Waals surface area contributed by atoms with E-state index in [2.05, 4.69) is 15.9 Å². The van der Waals surface area contributed by atoms with Crippen molar-refractivity contribution in [1.82, 2.24) is 0 Å². The molecule has 2 rings (SSSR count). The average molecular weight is 325 g/mol. The van der Waals surface area contributed by atoms with E-state index in [4.69, 9.17) is 0 Å². The molecular formula is C12H9BrF4O. The summed E-state index contributed by atoms with van der Waals surface area (Å²) in [7, 11) is 0. The van der Waals surface area contributed by atoms with Crippen LogP contribution in [0.25, 0.3) is 0 Å². The Labute approximate surface area is 109 Å². The number of carbonyl (C=O) groups is 1. The smallest absolute Gasteiger partial charge is 0.165 e. The third-order valence-corrected chi connectivity index (χ3v) is 3.65. The lowest BCUT2D eigenvalue weighted by atomic mass is 10.0. The highest BCUT2D eigenvalue weighted by Crippen LogP contribution is 2.34. The highest BCUT2D eigenvalue weighted by Gasteiger charge is 2.34. The molecule has 1 aromatic rings. The van der Waals surface area contributed by atoms with E-state index in [1.54, 1.807) is 0 Å². The van der Waals surface area contributed by atoms with Crippen molar-refractivity contribution in [2.75, 3.05) is 0 Å². The van der Waals surface area contributed by atoms with E-state index in [0.717, 1.165) is 12.8 Å². The third-order valence-electron chi connectivity index (χ3n) is 2.87. The summed E-state index contributed by atoms with van der Waals surface area (Å²) in [4.78, 5) is 10.8. The van der Waals surface area contributed by atoms with Crippen molar-refractivity contribution in [3.05, 3.63) is 34.9 Å². The number of ketones is 1. The number of hydrogen-bond donors (Lipinski definition) is 0. The van der Waals surface area contributed by atoms with Crippen LogP contribution in [-0.2, 0) is 11.2 Å². The molecule has 1 nitrogen and oxygen atoms in total. The fourth-order valence-electron chi connectivity index (χ4n) is 1.71. The first kappa shape index (κ1) is 13.5. The normalized spacial score (nSPS) is 16.7. The van der Waals surface area contributed by atoms with Gasteiger partial charge in [0.05, 0.1) is 4.83 Å². The number of benzene rings is 1. The summed E-state index contributed by atoms with van der Waals surface area (Å²) in [6, 6.07) is 0.153. The van der Waals surface area contributed by atoms with Crippen LogP contribution in [0.2, 0.25) is 0 Å². The lowest BCUT2D eigenvalue weighted by Gasteiger charge is -2.11. The predicted octanol–water partition coefficient (Wildman–Crippen LogP) is 3.53. The van der Waals surface area contributed by atoms with Crippen molar-refractivity contribution in [3.63, 3.8) is 0 Å². The Hall–Kier alpha value is -0.910. The Morgan fingerprint density at radius 2 is 1.72 bits per heavy atom. The number of carbonyl (C=O) groups excluding carboxylic acids is 1. The van der Waals surface area contributed by atoms with Gasteiger partial charge in [-0.15, -0.1) is 0 Å². The predicted molar refractivity (Wildman–Crippen MR) is 60.4 cm³/mol. The summed E-state index contributed by atoms with van der Waals surface area (Å²) in [6.07, 6.45) is 1.11. The standard InChI is InChI=1S/C12H9BrF4O/c13-7(12(18)5-1-2-5)3-6-10(16)8(14)4-9(15)11(6)17/h4-5,7H,1-3H2. The summed E-state index contributed by atoms with van der Waals surface area (Å²) in [5.41, 5.74) is -0.733. The molecule has 0 radical (unpaired) electrons. The molecule has 0 aromatic heterocycles. The minimum absolute atomic E-state index is 0.0982. The minimum atomic E-state index is -1.46. The molecule has 0 saturated heterocycles. The summed E-state index contributed by atoms with van der Waals surface area (Å²) in [5, 5.41) is 0. The van der Waals surface area contributed by atoms with Crippen LogP contribution in [-0.4, -0.2) is 10.6 Å². The summed E-state index contributed by atoms with van der Waals surface area (Å²) >= 11 is 3.01. The molecular weight excluding hydrogens is 316 g/mol. The number of halogens is 5. The zero-order chi connectivity index (χ0) is 13.4. The van der Waals surface area contributed by atoms with Crippen molar-refractivity contribution in [3.8, 4) is 0 Å². The van der Waals surface area contributed by atoms with Gasteiger partial charge in [0.2, 0.25) is 0 Å². The summed E-state index contributed by atoms with van der Waals surface area (Å²) < 4.78 is 52.7. The first-order valence-electron chi connectivity index (χ1n) is 5.41. The molecule has 0 N–H and O–H groups in total. The van der Waals surface area contributed by atoms with Gasteiger partial charge in [-0.1, -0.05) is 15.9 Å². The van der Waals surface area contributed by atoms with Gasteiger partial charge in [0.25, 0.3) is 0 Å². The molecule has 1 aliphatic rings. The van der Waals surface area contributed by atoms with Gasteiger partial charge in [-0.25, -0.2) is 17.6 Å². The zero-order valence-corrected chi connectivity index (χ0v) is 10.7. The van der Waals surface area contributed by atoms with Crippen molar-refractivity contribution in [2.45, 2.75) is 24.1 Å². The Morgan fingerprint density at radius 1 is 1.22 bits per heavy atom.